The number of amides is 1. The highest BCUT2D eigenvalue weighted by Gasteiger charge is 2.42. The summed E-state index contributed by atoms with van der Waals surface area (Å²) in [5.41, 5.74) is 5.05. The maximum absolute atomic E-state index is 11.4. The lowest BCUT2D eigenvalue weighted by molar-refractivity contribution is -0.513. The zero-order chi connectivity index (χ0) is 10.7. The van der Waals surface area contributed by atoms with Gasteiger partial charge in [-0.05, 0) is 7.05 Å². The number of likely N-dealkylation sites (N-methyl/N-ethyl adjacent to an activating group) is 1. The summed E-state index contributed by atoms with van der Waals surface area (Å²) in [5, 5.41) is 10.6. The monoisotopic (exact) mass is 201 g/mol. The highest BCUT2D eigenvalue weighted by Crippen LogP contribution is 2.07. The number of carbonyl (C=O) groups is 1. The number of rotatable bonds is 3. The molecule has 0 aromatic carbocycles. The van der Waals surface area contributed by atoms with E-state index >= 15 is 0 Å². The minimum Gasteiger partial charge on any atom is -0.300 e. The SMILES string of the molecule is CNN[C@H]1N=CN(C)C(=O)[C@@H]1[N+](=O)[O-]. The number of carbonyl (C=O) groups excluding carboxylic acids is 1. The van der Waals surface area contributed by atoms with E-state index in [0.29, 0.717) is 0 Å². The third-order valence-electron chi connectivity index (χ3n) is 1.82. The van der Waals surface area contributed by atoms with Crippen LogP contribution in [0, 0.1) is 10.1 Å². The molecule has 0 unspecified atom stereocenters. The number of nitrogens with one attached hydrogen (secondary N) is 2. The van der Waals surface area contributed by atoms with Gasteiger partial charge >= 0.3 is 11.9 Å². The van der Waals surface area contributed by atoms with E-state index in [1.54, 1.807) is 7.05 Å². The Kier molecular flexibility index (Phi) is 3.10. The van der Waals surface area contributed by atoms with Crippen molar-refractivity contribution in [1.29, 1.82) is 0 Å². The lowest BCUT2D eigenvalue weighted by Crippen LogP contribution is -2.57. The van der Waals surface area contributed by atoms with Crippen molar-refractivity contribution in [3.8, 4) is 0 Å². The van der Waals surface area contributed by atoms with E-state index in [4.69, 9.17) is 0 Å². The van der Waals surface area contributed by atoms with Gasteiger partial charge in [0.25, 0.3) is 0 Å². The van der Waals surface area contributed by atoms with Crippen molar-refractivity contribution in [3.05, 3.63) is 10.1 Å². The molecular formula is C6H11N5O3. The van der Waals surface area contributed by atoms with E-state index in [1.165, 1.54) is 13.4 Å². The van der Waals surface area contributed by atoms with Crippen LogP contribution >= 0.6 is 0 Å². The topological polar surface area (TPSA) is 99.9 Å². The Balaban J connectivity index is 2.88. The third kappa shape index (κ3) is 1.86. The first kappa shape index (κ1) is 10.5. The molecule has 8 nitrogen and oxygen atoms in total. The second-order valence-electron chi connectivity index (χ2n) is 2.78. The van der Waals surface area contributed by atoms with Crippen molar-refractivity contribution in [2.75, 3.05) is 14.1 Å². The van der Waals surface area contributed by atoms with Crippen LogP contribution in [0.5, 0.6) is 0 Å². The smallest absolute Gasteiger partial charge is 0.300 e. The first-order valence-electron chi connectivity index (χ1n) is 3.93. The van der Waals surface area contributed by atoms with Gasteiger partial charge in [-0.1, -0.05) is 0 Å². The Morgan fingerprint density at radius 3 is 2.86 bits per heavy atom. The van der Waals surface area contributed by atoms with E-state index in [9.17, 15) is 14.9 Å². The van der Waals surface area contributed by atoms with Crippen molar-refractivity contribution >= 4 is 12.2 Å². The lowest BCUT2D eigenvalue weighted by atomic mass is 10.2. The molecule has 0 aromatic heterocycles. The summed E-state index contributed by atoms with van der Waals surface area (Å²) < 4.78 is 0. The summed E-state index contributed by atoms with van der Waals surface area (Å²) in [6, 6.07) is -1.38. The summed E-state index contributed by atoms with van der Waals surface area (Å²) >= 11 is 0. The van der Waals surface area contributed by atoms with E-state index in [0.717, 1.165) is 4.90 Å². The van der Waals surface area contributed by atoms with Gasteiger partial charge in [0.05, 0.1) is 6.34 Å². The van der Waals surface area contributed by atoms with Crippen molar-refractivity contribution in [2.24, 2.45) is 4.99 Å². The molecule has 1 heterocycles. The Hall–Kier alpha value is -1.54. The van der Waals surface area contributed by atoms with Crippen LogP contribution in [-0.4, -0.2) is 48.4 Å². The summed E-state index contributed by atoms with van der Waals surface area (Å²) in [5.74, 6) is -0.585. The second-order valence-corrected chi connectivity index (χ2v) is 2.78. The fourth-order valence-corrected chi connectivity index (χ4v) is 1.12. The number of aliphatic imine (C=N–C) groups is 1. The molecule has 2 N–H and O–H groups in total. The first-order valence-corrected chi connectivity index (χ1v) is 3.93. The third-order valence-corrected chi connectivity index (χ3v) is 1.82. The van der Waals surface area contributed by atoms with Gasteiger partial charge in [0, 0.05) is 12.0 Å². The molecule has 1 aliphatic rings. The molecule has 0 radical (unpaired) electrons. The van der Waals surface area contributed by atoms with Crippen LogP contribution in [0.15, 0.2) is 4.99 Å². The van der Waals surface area contributed by atoms with E-state index in [-0.39, 0.29) is 0 Å². The Morgan fingerprint density at radius 2 is 2.36 bits per heavy atom. The maximum Gasteiger partial charge on any atom is 0.326 e. The van der Waals surface area contributed by atoms with E-state index < -0.39 is 23.0 Å². The average Bonchev–Trinajstić information content (AvgIpc) is 2.11. The van der Waals surface area contributed by atoms with Gasteiger partial charge in [0.2, 0.25) is 0 Å². The van der Waals surface area contributed by atoms with Crippen LogP contribution < -0.4 is 10.9 Å². The summed E-state index contributed by atoms with van der Waals surface area (Å²) in [4.78, 5) is 26.3. The van der Waals surface area contributed by atoms with Gasteiger partial charge in [-0.25, -0.2) is 10.4 Å². The number of hydrazine groups is 1. The Morgan fingerprint density at radius 1 is 1.71 bits per heavy atom. The minimum atomic E-state index is -1.38. The minimum absolute atomic E-state index is 0.585. The molecule has 0 saturated heterocycles. The number of hydrogen-bond acceptors (Lipinski definition) is 6. The van der Waals surface area contributed by atoms with E-state index in [2.05, 4.69) is 15.8 Å². The Bertz CT molecular complexity index is 279. The van der Waals surface area contributed by atoms with E-state index in [1.807, 2.05) is 0 Å². The van der Waals surface area contributed by atoms with Crippen molar-refractivity contribution in [3.63, 3.8) is 0 Å². The lowest BCUT2D eigenvalue weighted by Gasteiger charge is -2.24. The fraction of sp³-hybridized carbons (Fsp3) is 0.667. The fourth-order valence-electron chi connectivity index (χ4n) is 1.12. The molecule has 0 spiro atoms. The highest BCUT2D eigenvalue weighted by molar-refractivity contribution is 5.92. The second kappa shape index (κ2) is 4.11. The van der Waals surface area contributed by atoms with Gasteiger partial charge in [-0.3, -0.25) is 20.3 Å². The zero-order valence-electron chi connectivity index (χ0n) is 7.80. The molecule has 78 valence electrons. The number of nitro groups is 1. The molecule has 0 aliphatic carbocycles. The molecule has 8 heteroatoms. The predicted molar refractivity (Wildman–Crippen MR) is 48.0 cm³/mol. The molecule has 0 saturated carbocycles. The summed E-state index contributed by atoms with van der Waals surface area (Å²) in [6.45, 7) is 0. The predicted octanol–water partition coefficient (Wildman–Crippen LogP) is -1.82. The van der Waals surface area contributed by atoms with Crippen molar-refractivity contribution in [1.82, 2.24) is 15.8 Å². The molecule has 1 amide bonds. The molecule has 2 atom stereocenters. The van der Waals surface area contributed by atoms with Crippen LogP contribution in [0.4, 0.5) is 0 Å². The molecule has 0 bridgehead atoms. The molecular weight excluding hydrogens is 190 g/mol. The summed E-state index contributed by atoms with van der Waals surface area (Å²) in [7, 11) is 2.98. The van der Waals surface area contributed by atoms with Crippen LogP contribution in [-0.2, 0) is 4.79 Å². The molecule has 14 heavy (non-hydrogen) atoms. The van der Waals surface area contributed by atoms with Gasteiger partial charge in [-0.2, -0.15) is 0 Å². The van der Waals surface area contributed by atoms with Gasteiger partial charge in [0.15, 0.2) is 6.17 Å². The quantitative estimate of drug-likeness (QED) is 0.413. The maximum atomic E-state index is 11.4. The average molecular weight is 201 g/mol. The molecule has 1 aliphatic heterocycles. The largest absolute Gasteiger partial charge is 0.326 e. The molecule has 1 rings (SSSR count). The van der Waals surface area contributed by atoms with Crippen molar-refractivity contribution in [2.45, 2.75) is 12.2 Å². The van der Waals surface area contributed by atoms with Crippen LogP contribution in [0.25, 0.3) is 0 Å². The standard InChI is InChI=1S/C6H11N5O3/c1-7-9-5-4(11(13)14)6(12)10(2)3-8-5/h3-5,7,9H,1-2H3/t4-,5-/m1/s1. The number of nitrogens with zero attached hydrogens (tertiary/aromatic N) is 3. The van der Waals surface area contributed by atoms with Crippen LogP contribution in [0.3, 0.4) is 0 Å². The zero-order valence-corrected chi connectivity index (χ0v) is 7.80. The first-order chi connectivity index (χ1) is 6.57. The normalized spacial score (nSPS) is 26.7. The molecule has 0 aromatic rings. The van der Waals surface area contributed by atoms with Gasteiger partial charge in [0.1, 0.15) is 0 Å². The van der Waals surface area contributed by atoms with Crippen LogP contribution in [0.2, 0.25) is 0 Å². The van der Waals surface area contributed by atoms with Gasteiger partial charge in [-0.15, -0.1) is 0 Å². The number of hydrogen-bond donors (Lipinski definition) is 2. The Labute approximate surface area is 80.1 Å². The van der Waals surface area contributed by atoms with Crippen molar-refractivity contribution < 1.29 is 9.72 Å². The van der Waals surface area contributed by atoms with Crippen LogP contribution in [0.1, 0.15) is 0 Å². The highest BCUT2D eigenvalue weighted by atomic mass is 16.6. The molecule has 0 fully saturated rings. The van der Waals surface area contributed by atoms with Gasteiger partial charge < -0.3 is 4.90 Å². The summed E-state index contributed by atoms with van der Waals surface area (Å²) in [6.07, 6.45) is 0.399.